The third kappa shape index (κ3) is 6.02. The summed E-state index contributed by atoms with van der Waals surface area (Å²) in [6, 6.07) is 5.74. The van der Waals surface area contributed by atoms with Crippen molar-refractivity contribution in [2.45, 2.75) is 51.3 Å². The fourth-order valence-corrected chi connectivity index (χ4v) is 3.17. The minimum Gasteiger partial charge on any atom is -0.326 e. The van der Waals surface area contributed by atoms with Crippen molar-refractivity contribution in [1.29, 1.82) is 0 Å². The van der Waals surface area contributed by atoms with E-state index in [0.29, 0.717) is 5.69 Å². The summed E-state index contributed by atoms with van der Waals surface area (Å²) in [5.74, 6) is -0.750. The predicted octanol–water partition coefficient (Wildman–Crippen LogP) is 2.67. The Kier molecular flexibility index (Phi) is 7.22. The highest BCUT2D eigenvalue weighted by Crippen LogP contribution is 2.18. The molecule has 7 heteroatoms. The molecule has 0 saturated heterocycles. The fraction of sp³-hybridized carbons (Fsp3) is 0.500. The molecule has 0 aliphatic carbocycles. The topological polar surface area (TPSA) is 92.3 Å². The molecular weight excluding hydrogens is 316 g/mol. The lowest BCUT2D eigenvalue weighted by atomic mass is 9.98. The standard InChI is InChI=1S/C16H24N2O4S/c1-4-6-7-13(5-2)16(20)17-14-8-10-15(11-9-14)23(21,22)18-12(3)19/h8-11,13H,4-7H2,1-3H3,(H,17,20)(H,18,19)/t13-/m1/s1. The number of carbonyl (C=O) groups excluding carboxylic acids is 2. The lowest BCUT2D eigenvalue weighted by Gasteiger charge is -2.14. The number of carbonyl (C=O) groups is 2. The molecule has 0 fully saturated rings. The normalized spacial score (nSPS) is 12.5. The number of amides is 2. The number of benzene rings is 1. The molecule has 0 unspecified atom stereocenters. The van der Waals surface area contributed by atoms with Gasteiger partial charge in [0.25, 0.3) is 10.0 Å². The van der Waals surface area contributed by atoms with Crippen molar-refractivity contribution >= 4 is 27.5 Å². The van der Waals surface area contributed by atoms with Crippen LogP contribution in [-0.2, 0) is 19.6 Å². The molecule has 0 aromatic heterocycles. The van der Waals surface area contributed by atoms with Gasteiger partial charge < -0.3 is 5.32 Å². The van der Waals surface area contributed by atoms with Crippen LogP contribution in [0.4, 0.5) is 5.69 Å². The van der Waals surface area contributed by atoms with Gasteiger partial charge in [-0.05, 0) is 37.1 Å². The van der Waals surface area contributed by atoms with Gasteiger partial charge in [0.2, 0.25) is 11.8 Å². The van der Waals surface area contributed by atoms with Crippen LogP contribution in [0.5, 0.6) is 0 Å². The van der Waals surface area contributed by atoms with E-state index in [-0.39, 0.29) is 16.7 Å². The van der Waals surface area contributed by atoms with Gasteiger partial charge in [-0.15, -0.1) is 0 Å². The molecule has 0 aliphatic heterocycles. The summed E-state index contributed by atoms with van der Waals surface area (Å²) >= 11 is 0. The summed E-state index contributed by atoms with van der Waals surface area (Å²) in [6.07, 6.45) is 3.65. The van der Waals surface area contributed by atoms with E-state index in [2.05, 4.69) is 12.2 Å². The zero-order valence-electron chi connectivity index (χ0n) is 13.8. The van der Waals surface area contributed by atoms with E-state index in [1.807, 2.05) is 11.6 Å². The van der Waals surface area contributed by atoms with E-state index in [1.165, 1.54) is 24.3 Å². The third-order valence-electron chi connectivity index (χ3n) is 3.48. The van der Waals surface area contributed by atoms with Crippen molar-refractivity contribution in [3.63, 3.8) is 0 Å². The Morgan fingerprint density at radius 2 is 1.74 bits per heavy atom. The van der Waals surface area contributed by atoms with Gasteiger partial charge in [-0.2, -0.15) is 0 Å². The lowest BCUT2D eigenvalue weighted by molar-refractivity contribution is -0.120. The van der Waals surface area contributed by atoms with Crippen molar-refractivity contribution in [2.75, 3.05) is 5.32 Å². The van der Waals surface area contributed by atoms with E-state index in [4.69, 9.17) is 0 Å². The van der Waals surface area contributed by atoms with Crippen LogP contribution in [0.25, 0.3) is 0 Å². The first-order valence-corrected chi connectivity index (χ1v) is 9.22. The van der Waals surface area contributed by atoms with Gasteiger partial charge in [0, 0.05) is 18.5 Å². The molecule has 1 aromatic rings. The SMILES string of the molecule is CCCC[C@@H](CC)C(=O)Nc1ccc(S(=O)(=O)NC(C)=O)cc1. The predicted molar refractivity (Wildman–Crippen MR) is 89.4 cm³/mol. The third-order valence-corrected chi connectivity index (χ3v) is 4.93. The second-order valence-corrected chi connectivity index (χ2v) is 7.11. The summed E-state index contributed by atoms with van der Waals surface area (Å²) in [4.78, 5) is 23.1. The van der Waals surface area contributed by atoms with Crippen molar-refractivity contribution in [1.82, 2.24) is 4.72 Å². The van der Waals surface area contributed by atoms with Crippen LogP contribution in [-0.4, -0.2) is 20.2 Å². The summed E-state index contributed by atoms with van der Waals surface area (Å²) in [5.41, 5.74) is 0.534. The molecule has 128 valence electrons. The van der Waals surface area contributed by atoms with Crippen molar-refractivity contribution < 1.29 is 18.0 Å². The Labute approximate surface area is 137 Å². The van der Waals surface area contributed by atoms with Gasteiger partial charge in [-0.25, -0.2) is 13.1 Å². The molecule has 23 heavy (non-hydrogen) atoms. The molecular formula is C16H24N2O4S. The number of hydrogen-bond acceptors (Lipinski definition) is 4. The first-order chi connectivity index (χ1) is 10.8. The Balaban J connectivity index is 2.77. The molecule has 2 N–H and O–H groups in total. The molecule has 0 bridgehead atoms. The monoisotopic (exact) mass is 340 g/mol. The summed E-state index contributed by atoms with van der Waals surface area (Å²) in [6.45, 7) is 5.19. The molecule has 1 aromatic carbocycles. The molecule has 1 rings (SSSR count). The molecule has 1 atom stereocenters. The minimum atomic E-state index is -3.85. The fourth-order valence-electron chi connectivity index (χ4n) is 2.18. The van der Waals surface area contributed by atoms with Gasteiger partial charge in [0.05, 0.1) is 4.90 Å². The molecule has 0 heterocycles. The highest BCUT2D eigenvalue weighted by molar-refractivity contribution is 7.90. The minimum absolute atomic E-state index is 0.0243. The number of hydrogen-bond donors (Lipinski definition) is 2. The van der Waals surface area contributed by atoms with E-state index in [1.54, 1.807) is 0 Å². The number of anilines is 1. The van der Waals surface area contributed by atoms with Crippen LogP contribution >= 0.6 is 0 Å². The lowest BCUT2D eigenvalue weighted by Crippen LogP contribution is -2.28. The van der Waals surface area contributed by atoms with Crippen LogP contribution in [0, 0.1) is 5.92 Å². The number of unbranched alkanes of at least 4 members (excludes halogenated alkanes) is 1. The second kappa shape index (κ2) is 8.67. The van der Waals surface area contributed by atoms with E-state index >= 15 is 0 Å². The first-order valence-electron chi connectivity index (χ1n) is 7.74. The van der Waals surface area contributed by atoms with Crippen LogP contribution in [0.1, 0.15) is 46.5 Å². The van der Waals surface area contributed by atoms with Crippen LogP contribution in [0.3, 0.4) is 0 Å². The molecule has 0 spiro atoms. The van der Waals surface area contributed by atoms with Crippen molar-refractivity contribution in [2.24, 2.45) is 5.92 Å². The molecule has 2 amide bonds. The average Bonchev–Trinajstić information content (AvgIpc) is 2.47. The van der Waals surface area contributed by atoms with E-state index < -0.39 is 15.9 Å². The summed E-state index contributed by atoms with van der Waals surface area (Å²) < 4.78 is 25.6. The number of rotatable bonds is 8. The van der Waals surface area contributed by atoms with Gasteiger partial charge in [0.15, 0.2) is 0 Å². The van der Waals surface area contributed by atoms with E-state index in [9.17, 15) is 18.0 Å². The Bertz CT molecular complexity index is 639. The molecule has 6 nitrogen and oxygen atoms in total. The maximum absolute atomic E-state index is 12.2. The quantitative estimate of drug-likeness (QED) is 0.761. The zero-order chi connectivity index (χ0) is 17.5. The Hall–Kier alpha value is -1.89. The van der Waals surface area contributed by atoms with Gasteiger partial charge >= 0.3 is 0 Å². The molecule has 0 saturated carbocycles. The zero-order valence-corrected chi connectivity index (χ0v) is 14.6. The van der Waals surface area contributed by atoms with E-state index in [0.717, 1.165) is 32.6 Å². The second-order valence-electron chi connectivity index (χ2n) is 5.42. The van der Waals surface area contributed by atoms with Crippen LogP contribution in [0.2, 0.25) is 0 Å². The Morgan fingerprint density at radius 3 is 2.22 bits per heavy atom. The average molecular weight is 340 g/mol. The molecule has 0 radical (unpaired) electrons. The number of sulfonamides is 1. The Morgan fingerprint density at radius 1 is 1.13 bits per heavy atom. The number of nitrogens with one attached hydrogen (secondary N) is 2. The van der Waals surface area contributed by atoms with Gasteiger partial charge in [-0.1, -0.05) is 26.7 Å². The van der Waals surface area contributed by atoms with Crippen LogP contribution < -0.4 is 10.0 Å². The van der Waals surface area contributed by atoms with Gasteiger partial charge in [-0.3, -0.25) is 9.59 Å². The van der Waals surface area contributed by atoms with Crippen molar-refractivity contribution in [3.05, 3.63) is 24.3 Å². The maximum atomic E-state index is 12.2. The first kappa shape index (κ1) is 19.2. The van der Waals surface area contributed by atoms with Crippen molar-refractivity contribution in [3.8, 4) is 0 Å². The van der Waals surface area contributed by atoms with Gasteiger partial charge in [0.1, 0.15) is 0 Å². The molecule has 0 aliphatic rings. The smallest absolute Gasteiger partial charge is 0.264 e. The van der Waals surface area contributed by atoms with Crippen LogP contribution in [0.15, 0.2) is 29.2 Å². The summed E-state index contributed by atoms with van der Waals surface area (Å²) in [7, 11) is -3.85. The summed E-state index contributed by atoms with van der Waals surface area (Å²) in [5, 5.41) is 2.80. The largest absolute Gasteiger partial charge is 0.326 e. The highest BCUT2D eigenvalue weighted by Gasteiger charge is 2.17. The maximum Gasteiger partial charge on any atom is 0.264 e. The highest BCUT2D eigenvalue weighted by atomic mass is 32.2.